The molecule has 1 heterocycles. The van der Waals surface area contributed by atoms with Gasteiger partial charge in [0.05, 0.1) is 11.1 Å². The van der Waals surface area contributed by atoms with E-state index < -0.39 is 36.3 Å². The van der Waals surface area contributed by atoms with Gasteiger partial charge in [0.25, 0.3) is 17.7 Å². The lowest BCUT2D eigenvalue weighted by Gasteiger charge is -2.23. The highest BCUT2D eigenvalue weighted by atomic mass is 32.2. The van der Waals surface area contributed by atoms with Crippen LogP contribution in [0, 0.1) is 0 Å². The second-order valence-corrected chi connectivity index (χ2v) is 7.07. The lowest BCUT2D eigenvalue weighted by Crippen LogP contribution is -2.48. The van der Waals surface area contributed by atoms with E-state index in [1.165, 1.54) is 11.8 Å². The highest BCUT2D eigenvalue weighted by molar-refractivity contribution is 7.98. The summed E-state index contributed by atoms with van der Waals surface area (Å²) in [6.45, 7) is 2.16. The molecule has 1 aromatic rings. The number of thioether (sulfide) groups is 1. The zero-order valence-corrected chi connectivity index (χ0v) is 16.3. The van der Waals surface area contributed by atoms with E-state index >= 15 is 0 Å². The van der Waals surface area contributed by atoms with Crippen molar-refractivity contribution in [2.45, 2.75) is 32.2 Å². The minimum Gasteiger partial charge on any atom is -0.454 e. The van der Waals surface area contributed by atoms with Crippen LogP contribution in [0.1, 0.15) is 46.9 Å². The molecule has 7 nitrogen and oxygen atoms in total. The SMILES string of the molecule is CCCCCNC(=O)COC(=O)[C@H](CSC)N1C(=O)c2ccccc2C1=O. The molecular weight excluding hydrogens is 368 g/mol. The predicted molar refractivity (Wildman–Crippen MR) is 103 cm³/mol. The lowest BCUT2D eigenvalue weighted by atomic mass is 10.1. The lowest BCUT2D eigenvalue weighted by molar-refractivity contribution is -0.151. The third kappa shape index (κ3) is 5.09. The predicted octanol–water partition coefficient (Wildman–Crippen LogP) is 1.86. The number of hydrogen-bond acceptors (Lipinski definition) is 6. The molecule has 3 amide bonds. The number of carbonyl (C=O) groups is 4. The Morgan fingerprint density at radius 1 is 1.15 bits per heavy atom. The highest BCUT2D eigenvalue weighted by Crippen LogP contribution is 2.26. The summed E-state index contributed by atoms with van der Waals surface area (Å²) in [4.78, 5) is 50.3. The van der Waals surface area contributed by atoms with Crippen LogP contribution in [0.25, 0.3) is 0 Å². The van der Waals surface area contributed by atoms with Crippen molar-refractivity contribution in [3.05, 3.63) is 35.4 Å². The molecule has 1 aliphatic heterocycles. The Morgan fingerprint density at radius 2 is 1.78 bits per heavy atom. The minimum absolute atomic E-state index is 0.197. The quantitative estimate of drug-likeness (QED) is 0.371. The number of amides is 3. The number of benzene rings is 1. The number of fused-ring (bicyclic) bond motifs is 1. The summed E-state index contributed by atoms with van der Waals surface area (Å²) < 4.78 is 5.07. The van der Waals surface area contributed by atoms with E-state index in [4.69, 9.17) is 4.74 Å². The van der Waals surface area contributed by atoms with Gasteiger partial charge in [-0.15, -0.1) is 0 Å². The van der Waals surface area contributed by atoms with Crippen molar-refractivity contribution in [1.82, 2.24) is 10.2 Å². The first-order valence-corrected chi connectivity index (χ1v) is 10.3. The summed E-state index contributed by atoms with van der Waals surface area (Å²) in [6.07, 6.45) is 4.68. The van der Waals surface area contributed by atoms with Crippen molar-refractivity contribution in [1.29, 1.82) is 0 Å². The van der Waals surface area contributed by atoms with Crippen LogP contribution in [0.2, 0.25) is 0 Å². The fourth-order valence-corrected chi connectivity index (χ4v) is 3.38. The van der Waals surface area contributed by atoms with Crippen LogP contribution in [0.4, 0.5) is 0 Å². The van der Waals surface area contributed by atoms with Crippen LogP contribution in [0.3, 0.4) is 0 Å². The van der Waals surface area contributed by atoms with Crippen molar-refractivity contribution in [3.8, 4) is 0 Å². The first-order valence-electron chi connectivity index (χ1n) is 8.90. The molecule has 0 spiro atoms. The molecule has 27 heavy (non-hydrogen) atoms. The maximum absolute atomic E-state index is 12.6. The molecule has 8 heteroatoms. The van der Waals surface area contributed by atoms with Gasteiger partial charge in [-0.05, 0) is 24.8 Å². The van der Waals surface area contributed by atoms with Gasteiger partial charge in [0.2, 0.25) is 0 Å². The van der Waals surface area contributed by atoms with Crippen molar-refractivity contribution in [3.63, 3.8) is 0 Å². The number of carbonyl (C=O) groups excluding carboxylic acids is 4. The monoisotopic (exact) mass is 392 g/mol. The van der Waals surface area contributed by atoms with Gasteiger partial charge in [0, 0.05) is 12.3 Å². The molecule has 1 atom stereocenters. The third-order valence-electron chi connectivity index (χ3n) is 4.18. The normalized spacial score (nSPS) is 14.1. The molecule has 1 N–H and O–H groups in total. The standard InChI is InChI=1S/C19H24N2O5S/c1-3-4-7-10-20-16(22)11-26-19(25)15(12-27-2)21-17(23)13-8-5-6-9-14(13)18(21)24/h5-6,8-9,15H,3-4,7,10-12H2,1-2H3,(H,20,22)/t15-/m0/s1. The molecular formula is C19H24N2O5S. The molecule has 0 aliphatic carbocycles. The Labute approximate surface area is 162 Å². The first kappa shape index (κ1) is 21.0. The average molecular weight is 392 g/mol. The maximum atomic E-state index is 12.6. The van der Waals surface area contributed by atoms with Crippen LogP contribution >= 0.6 is 11.8 Å². The number of unbranched alkanes of at least 4 members (excludes halogenated alkanes) is 2. The molecule has 146 valence electrons. The van der Waals surface area contributed by atoms with Crippen LogP contribution in [-0.4, -0.2) is 59.8 Å². The van der Waals surface area contributed by atoms with E-state index in [1.807, 2.05) is 0 Å². The van der Waals surface area contributed by atoms with Gasteiger partial charge in [-0.3, -0.25) is 19.3 Å². The molecule has 1 aromatic carbocycles. The Kier molecular flexibility index (Phi) is 7.84. The van der Waals surface area contributed by atoms with E-state index in [0.29, 0.717) is 6.54 Å². The molecule has 0 radical (unpaired) electrons. The van der Waals surface area contributed by atoms with Crippen LogP contribution in [0.15, 0.2) is 24.3 Å². The average Bonchev–Trinajstić information content (AvgIpc) is 2.92. The molecule has 2 rings (SSSR count). The summed E-state index contributed by atoms with van der Waals surface area (Å²) in [7, 11) is 0. The van der Waals surface area contributed by atoms with Crippen molar-refractivity contribution >= 4 is 35.5 Å². The van der Waals surface area contributed by atoms with Gasteiger partial charge in [-0.1, -0.05) is 31.9 Å². The highest BCUT2D eigenvalue weighted by Gasteiger charge is 2.43. The summed E-state index contributed by atoms with van der Waals surface area (Å²) in [5.74, 6) is -2.00. The number of rotatable bonds is 10. The molecule has 0 saturated heterocycles. The summed E-state index contributed by atoms with van der Waals surface area (Å²) >= 11 is 1.31. The summed E-state index contributed by atoms with van der Waals surface area (Å²) in [6, 6.07) is 5.37. The van der Waals surface area contributed by atoms with Crippen LogP contribution in [-0.2, 0) is 14.3 Å². The second-order valence-electron chi connectivity index (χ2n) is 6.16. The number of imide groups is 1. The smallest absolute Gasteiger partial charge is 0.330 e. The van der Waals surface area contributed by atoms with Crippen molar-refractivity contribution < 1.29 is 23.9 Å². The topological polar surface area (TPSA) is 92.8 Å². The summed E-state index contributed by atoms with van der Waals surface area (Å²) in [5, 5.41) is 2.68. The molecule has 0 unspecified atom stereocenters. The number of ether oxygens (including phenoxy) is 1. The number of nitrogens with zero attached hydrogens (tertiary/aromatic N) is 1. The van der Waals surface area contributed by atoms with Gasteiger partial charge in [-0.25, -0.2) is 4.79 Å². The second kappa shape index (κ2) is 10.1. The van der Waals surface area contributed by atoms with Gasteiger partial charge >= 0.3 is 5.97 Å². The number of esters is 1. The fraction of sp³-hybridized carbons (Fsp3) is 0.474. The number of nitrogens with one attached hydrogen (secondary N) is 1. The summed E-state index contributed by atoms with van der Waals surface area (Å²) in [5.41, 5.74) is 0.546. The Morgan fingerprint density at radius 3 is 2.33 bits per heavy atom. The number of hydrogen-bond donors (Lipinski definition) is 1. The van der Waals surface area contributed by atoms with Gasteiger partial charge in [0.15, 0.2) is 6.61 Å². The Balaban J connectivity index is 1.99. The maximum Gasteiger partial charge on any atom is 0.330 e. The van der Waals surface area contributed by atoms with Gasteiger partial charge in [0.1, 0.15) is 6.04 Å². The molecule has 1 aliphatic rings. The largest absolute Gasteiger partial charge is 0.454 e. The van der Waals surface area contributed by atoms with E-state index in [1.54, 1.807) is 30.5 Å². The third-order valence-corrected chi connectivity index (χ3v) is 4.83. The van der Waals surface area contributed by atoms with E-state index in [0.717, 1.165) is 24.2 Å². The molecule has 0 saturated carbocycles. The first-order chi connectivity index (χ1) is 13.0. The van der Waals surface area contributed by atoms with Crippen LogP contribution < -0.4 is 5.32 Å². The zero-order valence-electron chi connectivity index (χ0n) is 15.5. The zero-order chi connectivity index (χ0) is 19.8. The van der Waals surface area contributed by atoms with Crippen molar-refractivity contribution in [2.24, 2.45) is 0 Å². The van der Waals surface area contributed by atoms with Gasteiger partial charge in [-0.2, -0.15) is 11.8 Å². The van der Waals surface area contributed by atoms with E-state index in [9.17, 15) is 19.2 Å². The molecule has 0 fully saturated rings. The van der Waals surface area contributed by atoms with E-state index in [-0.39, 0.29) is 16.9 Å². The Hall–Kier alpha value is -2.35. The van der Waals surface area contributed by atoms with Crippen molar-refractivity contribution in [2.75, 3.05) is 25.2 Å². The van der Waals surface area contributed by atoms with Crippen LogP contribution in [0.5, 0.6) is 0 Å². The van der Waals surface area contributed by atoms with E-state index in [2.05, 4.69) is 12.2 Å². The fourth-order valence-electron chi connectivity index (χ4n) is 2.78. The molecule has 0 bridgehead atoms. The molecule has 0 aromatic heterocycles. The Bertz CT molecular complexity index is 687. The van der Waals surface area contributed by atoms with Gasteiger partial charge < -0.3 is 10.1 Å². The minimum atomic E-state index is -1.07.